The predicted octanol–water partition coefficient (Wildman–Crippen LogP) is 1.35. The van der Waals surface area contributed by atoms with Gasteiger partial charge >= 0.3 is 0 Å². The van der Waals surface area contributed by atoms with Crippen molar-refractivity contribution < 1.29 is 19.5 Å². The lowest BCUT2D eigenvalue weighted by Crippen LogP contribution is -2.38. The Morgan fingerprint density at radius 3 is 2.68 bits per heavy atom. The summed E-state index contributed by atoms with van der Waals surface area (Å²) < 4.78 is 0. The van der Waals surface area contributed by atoms with E-state index in [1.165, 1.54) is 0 Å². The number of nitrogens with zero attached hydrogens (tertiary/aromatic N) is 1. The Hall–Kier alpha value is -2.41. The van der Waals surface area contributed by atoms with Crippen LogP contribution in [0.5, 0.6) is 0 Å². The van der Waals surface area contributed by atoms with E-state index in [0.29, 0.717) is 12.8 Å². The highest BCUT2D eigenvalue weighted by Gasteiger charge is 2.24. The molecular formula is C18H27N3O4. The van der Waals surface area contributed by atoms with E-state index in [2.05, 4.69) is 22.6 Å². The summed E-state index contributed by atoms with van der Waals surface area (Å²) in [6.07, 6.45) is 3.06. The first-order chi connectivity index (χ1) is 12.0. The quantitative estimate of drug-likeness (QED) is 0.697. The van der Waals surface area contributed by atoms with E-state index in [4.69, 9.17) is 9.90 Å². The third-order valence-electron chi connectivity index (χ3n) is 4.17. The fourth-order valence-electron chi connectivity index (χ4n) is 2.85. The summed E-state index contributed by atoms with van der Waals surface area (Å²) in [5.74, 6) is 0.139. The number of amides is 2. The van der Waals surface area contributed by atoms with Gasteiger partial charge in [-0.15, -0.1) is 0 Å². The molecule has 0 spiro atoms. The molecule has 1 heterocycles. The maximum atomic E-state index is 12.4. The van der Waals surface area contributed by atoms with E-state index in [1.54, 1.807) is 7.05 Å². The van der Waals surface area contributed by atoms with Gasteiger partial charge in [0, 0.05) is 25.7 Å². The molecule has 0 aliphatic carbocycles. The zero-order valence-corrected chi connectivity index (χ0v) is 14.8. The SMILES string of the molecule is CNC(=O)CCc1ccccc1NC(=O)C1CCCN(C)C1.O=CO. The maximum absolute atomic E-state index is 12.4. The van der Waals surface area contributed by atoms with E-state index < -0.39 is 0 Å². The molecule has 2 amide bonds. The Balaban J connectivity index is 0.000000970. The van der Waals surface area contributed by atoms with Gasteiger partial charge in [-0.05, 0) is 44.5 Å². The number of carbonyl (C=O) groups is 3. The topological polar surface area (TPSA) is 98.7 Å². The van der Waals surface area contributed by atoms with Gasteiger partial charge < -0.3 is 20.6 Å². The predicted molar refractivity (Wildman–Crippen MR) is 96.4 cm³/mol. The lowest BCUT2D eigenvalue weighted by molar-refractivity contribution is -0.123. The summed E-state index contributed by atoms with van der Waals surface area (Å²) in [5, 5.41) is 12.6. The second kappa shape index (κ2) is 11.2. The van der Waals surface area contributed by atoms with Crippen LogP contribution in [0.25, 0.3) is 0 Å². The third-order valence-corrected chi connectivity index (χ3v) is 4.17. The van der Waals surface area contributed by atoms with Crippen molar-refractivity contribution >= 4 is 24.0 Å². The second-order valence-electron chi connectivity index (χ2n) is 6.03. The molecule has 3 N–H and O–H groups in total. The highest BCUT2D eigenvalue weighted by molar-refractivity contribution is 5.93. The first-order valence-corrected chi connectivity index (χ1v) is 8.37. The molecule has 1 unspecified atom stereocenters. The molecule has 1 aromatic carbocycles. The maximum Gasteiger partial charge on any atom is 0.290 e. The van der Waals surface area contributed by atoms with Gasteiger partial charge in [-0.3, -0.25) is 14.4 Å². The molecule has 25 heavy (non-hydrogen) atoms. The van der Waals surface area contributed by atoms with Crippen LogP contribution >= 0.6 is 0 Å². The first kappa shape index (κ1) is 20.6. The molecular weight excluding hydrogens is 322 g/mol. The van der Waals surface area contributed by atoms with Gasteiger partial charge in [0.2, 0.25) is 11.8 Å². The number of rotatable bonds is 5. The highest BCUT2D eigenvalue weighted by atomic mass is 16.3. The molecule has 1 aromatic rings. The fourth-order valence-corrected chi connectivity index (χ4v) is 2.85. The van der Waals surface area contributed by atoms with Crippen LogP contribution in [0, 0.1) is 5.92 Å². The Bertz CT molecular complexity index is 577. The lowest BCUT2D eigenvalue weighted by atomic mass is 9.97. The Morgan fingerprint density at radius 2 is 2.04 bits per heavy atom. The summed E-state index contributed by atoms with van der Waals surface area (Å²) >= 11 is 0. The van der Waals surface area contributed by atoms with Crippen molar-refractivity contribution in [2.45, 2.75) is 25.7 Å². The van der Waals surface area contributed by atoms with E-state index in [-0.39, 0.29) is 24.2 Å². The van der Waals surface area contributed by atoms with E-state index in [1.807, 2.05) is 24.3 Å². The number of hydrogen-bond donors (Lipinski definition) is 3. The van der Waals surface area contributed by atoms with Crippen LogP contribution < -0.4 is 10.6 Å². The van der Waals surface area contributed by atoms with E-state index >= 15 is 0 Å². The summed E-state index contributed by atoms with van der Waals surface area (Å²) in [5.41, 5.74) is 1.83. The van der Waals surface area contributed by atoms with E-state index in [0.717, 1.165) is 37.2 Å². The molecule has 7 heteroatoms. The molecule has 1 aliphatic heterocycles. The van der Waals surface area contributed by atoms with Crippen LogP contribution in [0.4, 0.5) is 5.69 Å². The molecule has 138 valence electrons. The second-order valence-corrected chi connectivity index (χ2v) is 6.03. The normalized spacial score (nSPS) is 17.0. The van der Waals surface area contributed by atoms with Gasteiger partial charge in [0.05, 0.1) is 5.92 Å². The molecule has 0 bridgehead atoms. The minimum atomic E-state index is -0.250. The highest BCUT2D eigenvalue weighted by Crippen LogP contribution is 2.21. The number of likely N-dealkylation sites (tertiary alicyclic amines) is 1. The lowest BCUT2D eigenvalue weighted by Gasteiger charge is -2.29. The number of hydrogen-bond acceptors (Lipinski definition) is 4. The van der Waals surface area contributed by atoms with Crippen LogP contribution in [0.2, 0.25) is 0 Å². The largest absolute Gasteiger partial charge is 0.483 e. The summed E-state index contributed by atoms with van der Waals surface area (Å²) in [7, 11) is 3.69. The van der Waals surface area contributed by atoms with E-state index in [9.17, 15) is 9.59 Å². The Kier molecular flexibility index (Phi) is 9.24. The van der Waals surface area contributed by atoms with Crippen molar-refractivity contribution in [2.24, 2.45) is 5.92 Å². The molecule has 1 atom stereocenters. The standard InChI is InChI=1S/C17H25N3O2.CH2O2/c1-18-16(21)10-9-13-6-3-4-8-15(13)19-17(22)14-7-5-11-20(2)12-14;2-1-3/h3-4,6,8,14H,5,7,9-12H2,1-2H3,(H,18,21)(H,19,22);1H,(H,2,3). The van der Waals surface area contributed by atoms with Gasteiger partial charge in [0.25, 0.3) is 6.47 Å². The van der Waals surface area contributed by atoms with Gasteiger partial charge in [0.1, 0.15) is 0 Å². The molecule has 0 radical (unpaired) electrons. The number of aryl methyl sites for hydroxylation is 1. The van der Waals surface area contributed by atoms with Crippen LogP contribution in [-0.2, 0) is 20.8 Å². The number of benzene rings is 1. The zero-order chi connectivity index (χ0) is 18.7. The number of carbonyl (C=O) groups excluding carboxylic acids is 2. The summed E-state index contributed by atoms with van der Waals surface area (Å²) in [6, 6.07) is 7.71. The minimum Gasteiger partial charge on any atom is -0.483 e. The number of carboxylic acid groups (broad SMARTS) is 1. The van der Waals surface area contributed by atoms with Crippen molar-refractivity contribution in [3.05, 3.63) is 29.8 Å². The Morgan fingerprint density at radius 1 is 1.36 bits per heavy atom. The van der Waals surface area contributed by atoms with Crippen LogP contribution in [-0.4, -0.2) is 55.5 Å². The van der Waals surface area contributed by atoms with Crippen molar-refractivity contribution in [3.63, 3.8) is 0 Å². The molecule has 0 aromatic heterocycles. The molecule has 7 nitrogen and oxygen atoms in total. The van der Waals surface area contributed by atoms with Crippen LogP contribution in [0.1, 0.15) is 24.8 Å². The van der Waals surface area contributed by atoms with Gasteiger partial charge in [0.15, 0.2) is 0 Å². The van der Waals surface area contributed by atoms with Gasteiger partial charge in [-0.25, -0.2) is 0 Å². The number of piperidine rings is 1. The average Bonchev–Trinajstić information content (AvgIpc) is 2.61. The minimum absolute atomic E-state index is 0.00929. The number of anilines is 1. The molecule has 2 rings (SSSR count). The molecule has 0 saturated carbocycles. The number of nitrogens with one attached hydrogen (secondary N) is 2. The summed E-state index contributed by atoms with van der Waals surface area (Å²) in [6.45, 7) is 1.62. The molecule has 1 aliphatic rings. The summed E-state index contributed by atoms with van der Waals surface area (Å²) in [4.78, 5) is 34.4. The molecule has 1 saturated heterocycles. The number of para-hydroxylation sites is 1. The van der Waals surface area contributed by atoms with Crippen molar-refractivity contribution in [2.75, 3.05) is 32.5 Å². The Labute approximate surface area is 148 Å². The van der Waals surface area contributed by atoms with Crippen molar-refractivity contribution in [3.8, 4) is 0 Å². The molecule has 1 fully saturated rings. The first-order valence-electron chi connectivity index (χ1n) is 8.37. The van der Waals surface area contributed by atoms with Crippen molar-refractivity contribution in [1.29, 1.82) is 0 Å². The fraction of sp³-hybridized carbons (Fsp3) is 0.500. The monoisotopic (exact) mass is 349 g/mol. The zero-order valence-electron chi connectivity index (χ0n) is 14.8. The third kappa shape index (κ3) is 7.34. The van der Waals surface area contributed by atoms with Crippen LogP contribution in [0.3, 0.4) is 0 Å². The average molecular weight is 349 g/mol. The van der Waals surface area contributed by atoms with Crippen molar-refractivity contribution in [1.82, 2.24) is 10.2 Å². The van der Waals surface area contributed by atoms with Gasteiger partial charge in [-0.1, -0.05) is 18.2 Å². The van der Waals surface area contributed by atoms with Crippen LogP contribution in [0.15, 0.2) is 24.3 Å². The van der Waals surface area contributed by atoms with Gasteiger partial charge in [-0.2, -0.15) is 0 Å². The smallest absolute Gasteiger partial charge is 0.290 e.